The Balaban J connectivity index is 1.93. The van der Waals surface area contributed by atoms with Gasteiger partial charge in [0.1, 0.15) is 5.82 Å². The van der Waals surface area contributed by atoms with Crippen LogP contribution in [0.15, 0.2) is 41.3 Å². The third-order valence-electron chi connectivity index (χ3n) is 3.31. The molecular formula is C15H14ClFN2S. The van der Waals surface area contributed by atoms with Gasteiger partial charge in [-0.1, -0.05) is 11.6 Å². The van der Waals surface area contributed by atoms with Crippen LogP contribution in [0.4, 0.5) is 15.8 Å². The van der Waals surface area contributed by atoms with Gasteiger partial charge in [0.15, 0.2) is 0 Å². The summed E-state index contributed by atoms with van der Waals surface area (Å²) in [5.74, 6) is 0.761. The molecule has 2 aromatic rings. The number of hydrogen-bond donors (Lipinski definition) is 1. The van der Waals surface area contributed by atoms with Gasteiger partial charge in [0, 0.05) is 40.0 Å². The molecule has 1 aliphatic rings. The molecule has 0 atom stereocenters. The Morgan fingerprint density at radius 2 is 2.10 bits per heavy atom. The zero-order valence-corrected chi connectivity index (χ0v) is 12.3. The summed E-state index contributed by atoms with van der Waals surface area (Å²) < 4.78 is 13.9. The molecule has 0 spiro atoms. The van der Waals surface area contributed by atoms with Crippen LogP contribution >= 0.6 is 23.4 Å². The Labute approximate surface area is 126 Å². The fraction of sp³-hybridized carbons (Fsp3) is 0.200. The van der Waals surface area contributed by atoms with Gasteiger partial charge in [0.25, 0.3) is 0 Å². The lowest BCUT2D eigenvalue weighted by molar-refractivity contribution is 0.605. The van der Waals surface area contributed by atoms with Crippen molar-refractivity contribution in [3.8, 4) is 0 Å². The second-order valence-corrected chi connectivity index (χ2v) is 6.31. The molecule has 0 fully saturated rings. The van der Waals surface area contributed by atoms with E-state index in [1.54, 1.807) is 23.9 Å². The molecule has 2 N–H and O–H groups in total. The van der Waals surface area contributed by atoms with E-state index in [1.807, 2.05) is 18.2 Å². The Morgan fingerprint density at radius 1 is 1.25 bits per heavy atom. The van der Waals surface area contributed by atoms with Gasteiger partial charge in [-0.2, -0.15) is 0 Å². The lowest BCUT2D eigenvalue weighted by Gasteiger charge is -2.31. The Kier molecular flexibility index (Phi) is 3.76. The van der Waals surface area contributed by atoms with Crippen LogP contribution in [0, 0.1) is 5.82 Å². The number of benzene rings is 2. The number of rotatable bonds is 2. The molecule has 20 heavy (non-hydrogen) atoms. The van der Waals surface area contributed by atoms with Gasteiger partial charge in [-0.3, -0.25) is 0 Å². The lowest BCUT2D eigenvalue weighted by atomic mass is 10.1. The lowest BCUT2D eigenvalue weighted by Crippen LogP contribution is -2.29. The van der Waals surface area contributed by atoms with Crippen molar-refractivity contribution in [2.45, 2.75) is 11.4 Å². The maximum atomic E-state index is 13.9. The van der Waals surface area contributed by atoms with E-state index in [0.717, 1.165) is 23.7 Å². The van der Waals surface area contributed by atoms with Gasteiger partial charge < -0.3 is 10.6 Å². The first-order valence-corrected chi connectivity index (χ1v) is 7.71. The van der Waals surface area contributed by atoms with Crippen LogP contribution in [0.2, 0.25) is 5.02 Å². The van der Waals surface area contributed by atoms with E-state index in [9.17, 15) is 4.39 Å². The molecule has 5 heteroatoms. The zero-order valence-electron chi connectivity index (χ0n) is 10.8. The molecule has 0 saturated heterocycles. The van der Waals surface area contributed by atoms with Crippen LogP contribution in [0.5, 0.6) is 0 Å². The second-order valence-electron chi connectivity index (χ2n) is 4.73. The van der Waals surface area contributed by atoms with Crippen LogP contribution in [-0.4, -0.2) is 12.3 Å². The average molecular weight is 309 g/mol. The van der Waals surface area contributed by atoms with E-state index in [4.69, 9.17) is 17.3 Å². The van der Waals surface area contributed by atoms with E-state index >= 15 is 0 Å². The minimum absolute atomic E-state index is 0.224. The predicted octanol–water partition coefficient (Wildman–Crippen LogP) is 4.17. The average Bonchev–Trinajstić information content (AvgIpc) is 2.43. The topological polar surface area (TPSA) is 29.3 Å². The summed E-state index contributed by atoms with van der Waals surface area (Å²) in [6.45, 7) is 1.37. The summed E-state index contributed by atoms with van der Waals surface area (Å²) in [7, 11) is 0. The molecule has 2 aromatic carbocycles. The molecule has 104 valence electrons. The monoisotopic (exact) mass is 308 g/mol. The molecule has 0 aromatic heterocycles. The number of thioether (sulfide) groups is 1. The molecule has 1 heterocycles. The highest BCUT2D eigenvalue weighted by atomic mass is 35.5. The largest absolute Gasteiger partial charge is 0.399 e. The third-order valence-corrected chi connectivity index (χ3v) is 4.59. The van der Waals surface area contributed by atoms with E-state index in [2.05, 4.69) is 4.90 Å². The van der Waals surface area contributed by atoms with Crippen molar-refractivity contribution in [3.63, 3.8) is 0 Å². The van der Waals surface area contributed by atoms with Gasteiger partial charge in [0.2, 0.25) is 0 Å². The molecule has 3 rings (SSSR count). The van der Waals surface area contributed by atoms with Crippen LogP contribution in [-0.2, 0) is 6.54 Å². The maximum absolute atomic E-state index is 13.9. The van der Waals surface area contributed by atoms with Crippen LogP contribution in [0.25, 0.3) is 0 Å². The van der Waals surface area contributed by atoms with Crippen LogP contribution < -0.4 is 10.6 Å². The summed E-state index contributed by atoms with van der Waals surface area (Å²) in [6, 6.07) is 10.5. The minimum atomic E-state index is -0.224. The summed E-state index contributed by atoms with van der Waals surface area (Å²) in [4.78, 5) is 3.34. The summed E-state index contributed by atoms with van der Waals surface area (Å²) in [6.07, 6.45) is 0. The van der Waals surface area contributed by atoms with E-state index in [0.29, 0.717) is 17.1 Å². The van der Waals surface area contributed by atoms with E-state index in [1.165, 1.54) is 11.0 Å². The summed E-state index contributed by atoms with van der Waals surface area (Å²) in [5, 5.41) is 0.556. The highest BCUT2D eigenvalue weighted by Crippen LogP contribution is 2.37. The minimum Gasteiger partial charge on any atom is -0.399 e. The number of nitrogens with two attached hydrogens (primary N) is 1. The number of hydrogen-bond acceptors (Lipinski definition) is 3. The first-order chi connectivity index (χ1) is 9.63. The van der Waals surface area contributed by atoms with Crippen LogP contribution in [0.3, 0.4) is 0 Å². The summed E-state index contributed by atoms with van der Waals surface area (Å²) >= 11 is 7.75. The summed E-state index contributed by atoms with van der Waals surface area (Å²) in [5.41, 5.74) is 8.26. The van der Waals surface area contributed by atoms with Gasteiger partial charge >= 0.3 is 0 Å². The highest BCUT2D eigenvalue weighted by molar-refractivity contribution is 7.99. The van der Waals surface area contributed by atoms with E-state index in [-0.39, 0.29) is 5.82 Å². The number of anilines is 2. The maximum Gasteiger partial charge on any atom is 0.128 e. The quantitative estimate of drug-likeness (QED) is 0.844. The molecule has 1 aliphatic heterocycles. The normalized spacial score (nSPS) is 14.2. The molecule has 0 radical (unpaired) electrons. The van der Waals surface area contributed by atoms with Gasteiger partial charge in [0.05, 0.1) is 5.69 Å². The van der Waals surface area contributed by atoms with Crippen molar-refractivity contribution in [2.75, 3.05) is 22.9 Å². The highest BCUT2D eigenvalue weighted by Gasteiger charge is 2.19. The number of nitrogen functional groups attached to an aromatic ring is 1. The molecule has 0 aliphatic carbocycles. The molecule has 0 bridgehead atoms. The van der Waals surface area contributed by atoms with Crippen molar-refractivity contribution in [1.82, 2.24) is 0 Å². The SMILES string of the molecule is Nc1ccc2c(c1)N(Cc1cc(Cl)ccc1F)CCS2. The molecule has 0 unspecified atom stereocenters. The van der Waals surface area contributed by atoms with Crippen molar-refractivity contribution in [1.29, 1.82) is 0 Å². The number of nitrogens with zero attached hydrogens (tertiary/aromatic N) is 1. The number of halogens is 2. The smallest absolute Gasteiger partial charge is 0.128 e. The van der Waals surface area contributed by atoms with Crippen molar-refractivity contribution in [3.05, 3.63) is 52.8 Å². The molecular weight excluding hydrogens is 295 g/mol. The Hall–Kier alpha value is -1.39. The Bertz CT molecular complexity index is 648. The zero-order chi connectivity index (χ0) is 14.1. The second kappa shape index (κ2) is 5.54. The fourth-order valence-electron chi connectivity index (χ4n) is 2.32. The van der Waals surface area contributed by atoms with E-state index < -0.39 is 0 Å². The van der Waals surface area contributed by atoms with Gasteiger partial charge in [-0.05, 0) is 36.4 Å². The third kappa shape index (κ3) is 2.72. The molecule has 0 saturated carbocycles. The van der Waals surface area contributed by atoms with Gasteiger partial charge in [-0.15, -0.1) is 11.8 Å². The molecule has 2 nitrogen and oxygen atoms in total. The van der Waals surface area contributed by atoms with Crippen molar-refractivity contribution in [2.24, 2.45) is 0 Å². The van der Waals surface area contributed by atoms with Crippen molar-refractivity contribution < 1.29 is 4.39 Å². The standard InChI is InChI=1S/C15H14ClFN2S/c16-11-1-3-13(17)10(7-11)9-19-5-6-20-15-4-2-12(18)8-14(15)19/h1-4,7-8H,5-6,9,18H2. The first-order valence-electron chi connectivity index (χ1n) is 6.35. The number of fused-ring (bicyclic) bond motifs is 1. The fourth-order valence-corrected chi connectivity index (χ4v) is 3.55. The van der Waals surface area contributed by atoms with Crippen LogP contribution in [0.1, 0.15) is 5.56 Å². The van der Waals surface area contributed by atoms with Gasteiger partial charge in [-0.25, -0.2) is 4.39 Å². The first kappa shape index (κ1) is 13.6. The predicted molar refractivity (Wildman–Crippen MR) is 84.0 cm³/mol. The Morgan fingerprint density at radius 3 is 2.95 bits per heavy atom. The molecule has 0 amide bonds. The van der Waals surface area contributed by atoms with Crippen molar-refractivity contribution >= 4 is 34.7 Å².